The zero-order chi connectivity index (χ0) is 12.6. The number of hydrogen-bond donors (Lipinski definition) is 2. The molecule has 1 aromatic carbocycles. The lowest BCUT2D eigenvalue weighted by molar-refractivity contribution is -0.134. The number of para-hydroxylation sites is 2. The van der Waals surface area contributed by atoms with Crippen molar-refractivity contribution in [2.45, 2.75) is 25.4 Å². The molecule has 2 N–H and O–H groups in total. The summed E-state index contributed by atoms with van der Waals surface area (Å²) >= 11 is 0. The number of anilines is 1. The first-order valence-corrected chi connectivity index (χ1v) is 6.46. The van der Waals surface area contributed by atoms with Gasteiger partial charge in [0.1, 0.15) is 5.75 Å². The van der Waals surface area contributed by atoms with Crippen LogP contribution in [0.15, 0.2) is 24.3 Å². The molecule has 0 aromatic heterocycles. The molecule has 1 unspecified atom stereocenters. The van der Waals surface area contributed by atoms with Crippen LogP contribution < -0.4 is 15.4 Å². The lowest BCUT2D eigenvalue weighted by Crippen LogP contribution is -2.56. The highest BCUT2D eigenvalue weighted by Crippen LogP contribution is 2.47. The quantitative estimate of drug-likeness (QED) is 0.854. The van der Waals surface area contributed by atoms with Crippen molar-refractivity contribution in [1.29, 1.82) is 0 Å². The fourth-order valence-corrected chi connectivity index (χ4v) is 2.97. The molecule has 1 aliphatic heterocycles. The van der Waals surface area contributed by atoms with Crippen LogP contribution in [0.1, 0.15) is 19.3 Å². The van der Waals surface area contributed by atoms with Crippen molar-refractivity contribution in [1.82, 2.24) is 5.32 Å². The van der Waals surface area contributed by atoms with E-state index in [9.17, 15) is 4.79 Å². The summed E-state index contributed by atoms with van der Waals surface area (Å²) in [5.41, 5.74) is 0.740. The van der Waals surface area contributed by atoms with Gasteiger partial charge < -0.3 is 15.4 Å². The summed E-state index contributed by atoms with van der Waals surface area (Å²) < 4.78 is 5.95. The molecule has 1 atom stereocenters. The Kier molecular flexibility index (Phi) is 2.74. The highest BCUT2D eigenvalue weighted by molar-refractivity contribution is 5.98. The number of hydrogen-bond acceptors (Lipinski definition) is 3. The number of ether oxygens (including phenoxy) is 1. The molecule has 1 heterocycles. The van der Waals surface area contributed by atoms with E-state index in [0.29, 0.717) is 0 Å². The van der Waals surface area contributed by atoms with Crippen molar-refractivity contribution in [3.63, 3.8) is 0 Å². The van der Waals surface area contributed by atoms with Crippen LogP contribution in [0.3, 0.4) is 0 Å². The van der Waals surface area contributed by atoms with Crippen molar-refractivity contribution in [2.75, 3.05) is 18.9 Å². The molecule has 2 aliphatic rings. The number of carbonyl (C=O) groups is 1. The van der Waals surface area contributed by atoms with Crippen LogP contribution >= 0.6 is 0 Å². The number of amides is 1. The van der Waals surface area contributed by atoms with Crippen LogP contribution in [0.2, 0.25) is 0 Å². The third-order valence-corrected chi connectivity index (χ3v) is 4.06. The van der Waals surface area contributed by atoms with Gasteiger partial charge in [0, 0.05) is 12.0 Å². The number of fused-ring (bicyclic) bond motifs is 1. The summed E-state index contributed by atoms with van der Waals surface area (Å²) in [6, 6.07) is 7.61. The SMILES string of the molecule is CNCC1(C2Oc3ccccc3NC2=O)CCC1. The highest BCUT2D eigenvalue weighted by atomic mass is 16.5. The summed E-state index contributed by atoms with van der Waals surface area (Å²) in [6.07, 6.45) is 2.91. The monoisotopic (exact) mass is 246 g/mol. The normalized spacial score (nSPS) is 24.5. The Hall–Kier alpha value is -1.55. The van der Waals surface area contributed by atoms with E-state index in [1.165, 1.54) is 6.42 Å². The van der Waals surface area contributed by atoms with Gasteiger partial charge in [-0.15, -0.1) is 0 Å². The van der Waals surface area contributed by atoms with Gasteiger partial charge in [-0.3, -0.25) is 4.79 Å². The Bertz CT molecular complexity index is 469. The second kappa shape index (κ2) is 4.28. The molecular weight excluding hydrogens is 228 g/mol. The van der Waals surface area contributed by atoms with Crippen molar-refractivity contribution in [2.24, 2.45) is 5.41 Å². The van der Waals surface area contributed by atoms with Crippen LogP contribution in [0, 0.1) is 5.41 Å². The average molecular weight is 246 g/mol. The number of rotatable bonds is 3. The summed E-state index contributed by atoms with van der Waals surface area (Å²) in [6.45, 7) is 0.827. The van der Waals surface area contributed by atoms with E-state index in [-0.39, 0.29) is 17.4 Å². The summed E-state index contributed by atoms with van der Waals surface area (Å²) in [5.74, 6) is 0.771. The van der Waals surface area contributed by atoms with Gasteiger partial charge in [-0.2, -0.15) is 0 Å². The molecule has 3 rings (SSSR count). The molecule has 0 spiro atoms. The minimum absolute atomic E-state index is 0.0105. The summed E-state index contributed by atoms with van der Waals surface area (Å²) in [7, 11) is 1.93. The van der Waals surface area contributed by atoms with Gasteiger partial charge in [0.25, 0.3) is 5.91 Å². The summed E-state index contributed by atoms with van der Waals surface area (Å²) in [5, 5.41) is 6.14. The van der Waals surface area contributed by atoms with Crippen molar-refractivity contribution in [3.05, 3.63) is 24.3 Å². The third-order valence-electron chi connectivity index (χ3n) is 4.06. The predicted octanol–water partition coefficient (Wildman–Crippen LogP) is 1.78. The highest BCUT2D eigenvalue weighted by Gasteiger charge is 2.50. The maximum atomic E-state index is 12.2. The molecule has 1 fully saturated rings. The standard InChI is InChI=1S/C14H18N2O2/c1-15-9-14(7-4-8-14)12-13(17)16-10-5-2-3-6-11(10)18-12/h2-3,5-6,12,15H,4,7-9H2,1H3,(H,16,17). The number of carbonyl (C=O) groups excluding carboxylic acids is 1. The summed E-state index contributed by atoms with van der Waals surface area (Å²) in [4.78, 5) is 12.2. The first-order valence-electron chi connectivity index (χ1n) is 6.46. The molecule has 18 heavy (non-hydrogen) atoms. The molecule has 0 bridgehead atoms. The first kappa shape index (κ1) is 11.5. The molecule has 0 radical (unpaired) electrons. The predicted molar refractivity (Wildman–Crippen MR) is 69.7 cm³/mol. The molecular formula is C14H18N2O2. The van der Waals surface area contributed by atoms with E-state index in [0.717, 1.165) is 30.8 Å². The fraction of sp³-hybridized carbons (Fsp3) is 0.500. The zero-order valence-corrected chi connectivity index (χ0v) is 10.5. The lowest BCUT2D eigenvalue weighted by atomic mass is 9.64. The molecule has 96 valence electrons. The Morgan fingerprint density at radius 1 is 1.44 bits per heavy atom. The van der Waals surface area contributed by atoms with Crippen molar-refractivity contribution >= 4 is 11.6 Å². The Morgan fingerprint density at radius 2 is 2.22 bits per heavy atom. The Morgan fingerprint density at radius 3 is 2.89 bits per heavy atom. The van der Waals surface area contributed by atoms with Crippen molar-refractivity contribution < 1.29 is 9.53 Å². The van der Waals surface area contributed by atoms with E-state index in [1.807, 2.05) is 31.3 Å². The fourth-order valence-electron chi connectivity index (χ4n) is 2.97. The van der Waals surface area contributed by atoms with Crippen LogP contribution in [0.4, 0.5) is 5.69 Å². The Balaban J connectivity index is 1.88. The van der Waals surface area contributed by atoms with E-state index in [4.69, 9.17) is 4.74 Å². The Labute approximate surface area is 107 Å². The molecule has 4 nitrogen and oxygen atoms in total. The van der Waals surface area contributed by atoms with Gasteiger partial charge >= 0.3 is 0 Å². The van der Waals surface area contributed by atoms with Crippen molar-refractivity contribution in [3.8, 4) is 5.75 Å². The topological polar surface area (TPSA) is 50.4 Å². The molecule has 1 amide bonds. The maximum Gasteiger partial charge on any atom is 0.266 e. The molecule has 1 aromatic rings. The van der Waals surface area contributed by atoms with Gasteiger partial charge in [0.05, 0.1) is 5.69 Å². The van der Waals surface area contributed by atoms with Gasteiger partial charge in [0.2, 0.25) is 0 Å². The van der Waals surface area contributed by atoms with E-state index < -0.39 is 0 Å². The van der Waals surface area contributed by atoms with E-state index in [2.05, 4.69) is 10.6 Å². The van der Waals surface area contributed by atoms with Gasteiger partial charge in [-0.25, -0.2) is 0 Å². The zero-order valence-electron chi connectivity index (χ0n) is 10.5. The van der Waals surface area contributed by atoms with Gasteiger partial charge in [-0.05, 0) is 32.0 Å². The molecule has 1 aliphatic carbocycles. The largest absolute Gasteiger partial charge is 0.478 e. The molecule has 4 heteroatoms. The average Bonchev–Trinajstić information content (AvgIpc) is 2.33. The second-order valence-corrected chi connectivity index (χ2v) is 5.23. The smallest absolute Gasteiger partial charge is 0.266 e. The van der Waals surface area contributed by atoms with Crippen LogP contribution in [0.5, 0.6) is 5.75 Å². The van der Waals surface area contributed by atoms with Crippen LogP contribution in [-0.2, 0) is 4.79 Å². The van der Waals surface area contributed by atoms with E-state index >= 15 is 0 Å². The number of nitrogens with one attached hydrogen (secondary N) is 2. The van der Waals surface area contributed by atoms with E-state index in [1.54, 1.807) is 0 Å². The minimum atomic E-state index is -0.367. The first-order chi connectivity index (χ1) is 8.75. The minimum Gasteiger partial charge on any atom is -0.478 e. The van der Waals surface area contributed by atoms with Crippen LogP contribution in [-0.4, -0.2) is 25.6 Å². The molecule has 1 saturated carbocycles. The molecule has 0 saturated heterocycles. The lowest BCUT2D eigenvalue weighted by Gasteiger charge is -2.47. The van der Waals surface area contributed by atoms with Gasteiger partial charge in [-0.1, -0.05) is 18.6 Å². The second-order valence-electron chi connectivity index (χ2n) is 5.23. The third kappa shape index (κ3) is 1.68. The van der Waals surface area contributed by atoms with Crippen LogP contribution in [0.25, 0.3) is 0 Å². The maximum absolute atomic E-state index is 12.2. The number of benzene rings is 1. The van der Waals surface area contributed by atoms with Gasteiger partial charge in [0.15, 0.2) is 6.10 Å².